The summed E-state index contributed by atoms with van der Waals surface area (Å²) in [5, 5.41) is 5.27. The fourth-order valence-corrected chi connectivity index (χ4v) is 2.56. The normalized spacial score (nSPS) is 11.4. The van der Waals surface area contributed by atoms with Crippen molar-refractivity contribution < 1.29 is 19.1 Å². The van der Waals surface area contributed by atoms with Gasteiger partial charge in [-0.2, -0.15) is 0 Å². The van der Waals surface area contributed by atoms with Gasteiger partial charge in [0.1, 0.15) is 0 Å². The van der Waals surface area contributed by atoms with E-state index in [-0.39, 0.29) is 12.5 Å². The molecule has 0 saturated carbocycles. The van der Waals surface area contributed by atoms with Crippen LogP contribution < -0.4 is 10.6 Å². The molecule has 1 atom stereocenters. The van der Waals surface area contributed by atoms with Gasteiger partial charge in [0.15, 0.2) is 6.10 Å². The predicted octanol–water partition coefficient (Wildman–Crippen LogP) is 2.91. The van der Waals surface area contributed by atoms with Crippen LogP contribution in [0.4, 0.5) is 5.69 Å². The second-order valence-electron chi connectivity index (χ2n) is 6.45. The number of amides is 2. The molecular formula is C21H24N2O4. The topological polar surface area (TPSA) is 84.5 Å². The molecule has 2 aromatic carbocycles. The van der Waals surface area contributed by atoms with Crippen LogP contribution in [0.25, 0.3) is 0 Å². The summed E-state index contributed by atoms with van der Waals surface area (Å²) in [4.78, 5) is 36.3. The van der Waals surface area contributed by atoms with E-state index < -0.39 is 18.0 Å². The zero-order valence-electron chi connectivity index (χ0n) is 16.0. The highest BCUT2D eigenvalue weighted by Gasteiger charge is 2.19. The molecule has 2 rings (SSSR count). The Labute approximate surface area is 158 Å². The van der Waals surface area contributed by atoms with Crippen molar-refractivity contribution in [1.29, 1.82) is 0 Å². The molecule has 6 heteroatoms. The first-order valence-electron chi connectivity index (χ1n) is 8.69. The number of ether oxygens (including phenoxy) is 1. The lowest BCUT2D eigenvalue weighted by Crippen LogP contribution is -2.40. The van der Waals surface area contributed by atoms with Crippen LogP contribution in [0.5, 0.6) is 0 Å². The van der Waals surface area contributed by atoms with E-state index in [1.54, 1.807) is 18.2 Å². The molecule has 0 aromatic heterocycles. The quantitative estimate of drug-likeness (QED) is 0.768. The van der Waals surface area contributed by atoms with Crippen LogP contribution in [0, 0.1) is 20.8 Å². The Morgan fingerprint density at radius 3 is 2.26 bits per heavy atom. The van der Waals surface area contributed by atoms with Crippen LogP contribution in [0.1, 0.15) is 34.0 Å². The third-order valence-corrected chi connectivity index (χ3v) is 4.08. The van der Waals surface area contributed by atoms with E-state index in [1.807, 2.05) is 45.0 Å². The lowest BCUT2D eigenvalue weighted by molar-refractivity contribution is -0.130. The second kappa shape index (κ2) is 8.98. The summed E-state index contributed by atoms with van der Waals surface area (Å²) in [5.74, 6) is -1.47. The highest BCUT2D eigenvalue weighted by molar-refractivity contribution is 5.97. The summed E-state index contributed by atoms with van der Waals surface area (Å²) in [6.45, 7) is 6.91. The minimum atomic E-state index is -1.01. The van der Waals surface area contributed by atoms with Crippen LogP contribution in [-0.4, -0.2) is 30.4 Å². The number of esters is 1. The third-order valence-electron chi connectivity index (χ3n) is 4.08. The highest BCUT2D eigenvalue weighted by atomic mass is 16.5. The first-order valence-corrected chi connectivity index (χ1v) is 8.69. The smallest absolute Gasteiger partial charge is 0.338 e. The van der Waals surface area contributed by atoms with Gasteiger partial charge in [0.2, 0.25) is 5.91 Å². The van der Waals surface area contributed by atoms with Crippen LogP contribution >= 0.6 is 0 Å². The van der Waals surface area contributed by atoms with Crippen molar-refractivity contribution in [2.24, 2.45) is 0 Å². The maximum atomic E-state index is 12.1. The highest BCUT2D eigenvalue weighted by Crippen LogP contribution is 2.19. The van der Waals surface area contributed by atoms with Crippen molar-refractivity contribution in [2.45, 2.75) is 33.8 Å². The van der Waals surface area contributed by atoms with Crippen molar-refractivity contribution >= 4 is 23.5 Å². The van der Waals surface area contributed by atoms with Gasteiger partial charge in [-0.25, -0.2) is 4.79 Å². The SMILES string of the molecule is Cc1cccc(C(=O)OC(C)C(=O)NCC(=O)Nc2c(C)cccc2C)c1. The van der Waals surface area contributed by atoms with Gasteiger partial charge >= 0.3 is 5.97 Å². The first kappa shape index (κ1) is 20.2. The average Bonchev–Trinajstić information content (AvgIpc) is 2.62. The molecule has 0 spiro atoms. The van der Waals surface area contributed by atoms with Gasteiger partial charge in [-0.3, -0.25) is 9.59 Å². The lowest BCUT2D eigenvalue weighted by Gasteiger charge is -2.15. The van der Waals surface area contributed by atoms with Crippen molar-refractivity contribution in [3.05, 3.63) is 64.7 Å². The minimum Gasteiger partial charge on any atom is -0.449 e. The molecule has 6 nitrogen and oxygen atoms in total. The van der Waals surface area contributed by atoms with Gasteiger partial charge in [0, 0.05) is 5.69 Å². The van der Waals surface area contributed by atoms with E-state index in [9.17, 15) is 14.4 Å². The van der Waals surface area contributed by atoms with Gasteiger partial charge in [0.25, 0.3) is 5.91 Å². The molecule has 0 aliphatic rings. The third kappa shape index (κ3) is 5.67. The van der Waals surface area contributed by atoms with Gasteiger partial charge in [-0.1, -0.05) is 35.9 Å². The summed E-state index contributed by atoms with van der Waals surface area (Å²) in [5.41, 5.74) is 3.91. The van der Waals surface area contributed by atoms with Crippen LogP contribution in [-0.2, 0) is 14.3 Å². The number of hydrogen-bond donors (Lipinski definition) is 2. The van der Waals surface area contributed by atoms with Crippen molar-refractivity contribution in [3.8, 4) is 0 Å². The number of rotatable bonds is 6. The molecule has 0 bridgehead atoms. The van der Waals surface area contributed by atoms with E-state index in [0.717, 1.165) is 22.4 Å². The molecule has 0 fully saturated rings. The van der Waals surface area contributed by atoms with Crippen molar-refractivity contribution in [1.82, 2.24) is 5.32 Å². The predicted molar refractivity (Wildman–Crippen MR) is 104 cm³/mol. The molecule has 0 radical (unpaired) electrons. The first-order chi connectivity index (χ1) is 12.8. The summed E-state index contributed by atoms with van der Waals surface area (Å²) in [6.07, 6.45) is -1.01. The van der Waals surface area contributed by atoms with Crippen molar-refractivity contribution in [3.63, 3.8) is 0 Å². The minimum absolute atomic E-state index is 0.209. The second-order valence-corrected chi connectivity index (χ2v) is 6.45. The van der Waals surface area contributed by atoms with E-state index >= 15 is 0 Å². The van der Waals surface area contributed by atoms with Gasteiger partial charge in [-0.15, -0.1) is 0 Å². The summed E-state index contributed by atoms with van der Waals surface area (Å²) < 4.78 is 5.16. The molecule has 2 aromatic rings. The van der Waals surface area contributed by atoms with E-state index in [0.29, 0.717) is 5.56 Å². The zero-order chi connectivity index (χ0) is 20.0. The Hall–Kier alpha value is -3.15. The molecular weight excluding hydrogens is 344 g/mol. The van der Waals surface area contributed by atoms with Gasteiger partial charge < -0.3 is 15.4 Å². The molecule has 2 amide bonds. The lowest BCUT2D eigenvalue weighted by atomic mass is 10.1. The van der Waals surface area contributed by atoms with Crippen LogP contribution in [0.3, 0.4) is 0 Å². The summed E-state index contributed by atoms with van der Waals surface area (Å²) >= 11 is 0. The van der Waals surface area contributed by atoms with Gasteiger partial charge in [-0.05, 0) is 51.0 Å². The Balaban J connectivity index is 1.85. The Kier molecular flexibility index (Phi) is 6.71. The Morgan fingerprint density at radius 1 is 1.00 bits per heavy atom. The molecule has 2 N–H and O–H groups in total. The summed E-state index contributed by atoms with van der Waals surface area (Å²) in [6, 6.07) is 12.6. The van der Waals surface area contributed by atoms with E-state index in [1.165, 1.54) is 6.92 Å². The number of nitrogens with one attached hydrogen (secondary N) is 2. The fraction of sp³-hybridized carbons (Fsp3) is 0.286. The molecule has 27 heavy (non-hydrogen) atoms. The summed E-state index contributed by atoms with van der Waals surface area (Å²) in [7, 11) is 0. The number of benzene rings is 2. The maximum absolute atomic E-state index is 12.1. The zero-order valence-corrected chi connectivity index (χ0v) is 16.0. The fourth-order valence-electron chi connectivity index (χ4n) is 2.56. The number of anilines is 1. The number of carbonyl (C=O) groups excluding carboxylic acids is 3. The van der Waals surface area contributed by atoms with E-state index in [2.05, 4.69) is 10.6 Å². The molecule has 0 saturated heterocycles. The van der Waals surface area contributed by atoms with E-state index in [4.69, 9.17) is 4.74 Å². The Bertz CT molecular complexity index is 841. The maximum Gasteiger partial charge on any atom is 0.338 e. The monoisotopic (exact) mass is 368 g/mol. The number of carbonyl (C=O) groups is 3. The van der Waals surface area contributed by atoms with Gasteiger partial charge in [0.05, 0.1) is 12.1 Å². The van der Waals surface area contributed by atoms with Crippen LogP contribution in [0.2, 0.25) is 0 Å². The Morgan fingerprint density at radius 2 is 1.63 bits per heavy atom. The molecule has 142 valence electrons. The van der Waals surface area contributed by atoms with Crippen molar-refractivity contribution in [2.75, 3.05) is 11.9 Å². The van der Waals surface area contributed by atoms with Crippen LogP contribution in [0.15, 0.2) is 42.5 Å². The largest absolute Gasteiger partial charge is 0.449 e. The number of hydrogen-bond acceptors (Lipinski definition) is 4. The molecule has 0 aliphatic carbocycles. The number of aryl methyl sites for hydroxylation is 3. The number of para-hydroxylation sites is 1. The average molecular weight is 368 g/mol. The molecule has 1 unspecified atom stereocenters. The standard InChI is InChI=1S/C21H24N2O4/c1-13-7-5-10-17(11-13)21(26)27-16(4)20(25)22-12-18(24)23-19-14(2)8-6-9-15(19)3/h5-11,16H,12H2,1-4H3,(H,22,25)(H,23,24). The molecule has 0 heterocycles. The molecule has 0 aliphatic heterocycles.